The summed E-state index contributed by atoms with van der Waals surface area (Å²) in [7, 11) is 0. The minimum absolute atomic E-state index is 0.134. The fourth-order valence-electron chi connectivity index (χ4n) is 4.37. The molecule has 0 saturated carbocycles. The number of rotatable bonds is 5. The lowest BCUT2D eigenvalue weighted by atomic mass is 10.2. The highest BCUT2D eigenvalue weighted by Gasteiger charge is 2.24. The molecule has 1 aliphatic heterocycles. The SMILES string of the molecule is O=C(O)Cn1cnc2c(-n3ncc4ccccc43)nc(N3CCN(c4ccc(=O)[nH]c4)CC3)nc21. The van der Waals surface area contributed by atoms with Crippen LogP contribution in [0.3, 0.4) is 0 Å². The summed E-state index contributed by atoms with van der Waals surface area (Å²) in [6.07, 6.45) is 4.95. The summed E-state index contributed by atoms with van der Waals surface area (Å²) in [6.45, 7) is 2.46. The Labute approximate surface area is 198 Å². The predicted molar refractivity (Wildman–Crippen MR) is 129 cm³/mol. The molecule has 1 aromatic carbocycles. The number of nitrogens with zero attached hydrogens (tertiary/aromatic N) is 8. The van der Waals surface area contributed by atoms with Gasteiger partial charge in [0.2, 0.25) is 11.5 Å². The van der Waals surface area contributed by atoms with Crippen LogP contribution >= 0.6 is 0 Å². The Balaban J connectivity index is 1.40. The molecule has 12 heteroatoms. The van der Waals surface area contributed by atoms with E-state index in [2.05, 4.69) is 24.9 Å². The van der Waals surface area contributed by atoms with Gasteiger partial charge in [-0.2, -0.15) is 15.1 Å². The lowest BCUT2D eigenvalue weighted by Crippen LogP contribution is -2.47. The van der Waals surface area contributed by atoms with Crippen LogP contribution in [0.15, 0.2) is 59.9 Å². The van der Waals surface area contributed by atoms with E-state index >= 15 is 0 Å². The second-order valence-electron chi connectivity index (χ2n) is 8.29. The Hall–Kier alpha value is -4.74. The molecular formula is C23H21N9O3. The summed E-state index contributed by atoms with van der Waals surface area (Å²) >= 11 is 0. The maximum absolute atomic E-state index is 11.4. The lowest BCUT2D eigenvalue weighted by molar-refractivity contribution is -0.137. The fourth-order valence-corrected chi connectivity index (χ4v) is 4.37. The van der Waals surface area contributed by atoms with Crippen LogP contribution in [0.1, 0.15) is 0 Å². The van der Waals surface area contributed by atoms with Gasteiger partial charge in [-0.05, 0) is 12.1 Å². The van der Waals surface area contributed by atoms with Gasteiger partial charge in [-0.3, -0.25) is 9.59 Å². The smallest absolute Gasteiger partial charge is 0.323 e. The summed E-state index contributed by atoms with van der Waals surface area (Å²) in [5.41, 5.74) is 2.61. The number of hydrogen-bond acceptors (Lipinski definition) is 8. The minimum atomic E-state index is -0.981. The molecule has 0 atom stereocenters. The lowest BCUT2D eigenvalue weighted by Gasteiger charge is -2.36. The van der Waals surface area contributed by atoms with Gasteiger partial charge in [0.15, 0.2) is 17.0 Å². The molecule has 5 aromatic rings. The number of benzene rings is 1. The Morgan fingerprint density at radius 1 is 1.03 bits per heavy atom. The number of carboxylic acid groups (broad SMARTS) is 1. The molecule has 0 amide bonds. The van der Waals surface area contributed by atoms with Crippen molar-refractivity contribution < 1.29 is 9.90 Å². The second-order valence-corrected chi connectivity index (χ2v) is 8.29. The van der Waals surface area contributed by atoms with E-state index in [1.54, 1.807) is 17.1 Å². The number of para-hydroxylation sites is 1. The molecule has 6 rings (SSSR count). The molecule has 0 bridgehead atoms. The van der Waals surface area contributed by atoms with Crippen molar-refractivity contribution in [2.75, 3.05) is 36.0 Å². The predicted octanol–water partition coefficient (Wildman–Crippen LogP) is 1.26. The van der Waals surface area contributed by atoms with Crippen molar-refractivity contribution >= 4 is 39.7 Å². The van der Waals surface area contributed by atoms with Crippen LogP contribution in [0.2, 0.25) is 0 Å². The summed E-state index contributed by atoms with van der Waals surface area (Å²) in [6, 6.07) is 11.1. The minimum Gasteiger partial charge on any atom is -0.480 e. The van der Waals surface area contributed by atoms with Gasteiger partial charge in [-0.1, -0.05) is 18.2 Å². The first-order chi connectivity index (χ1) is 17.1. The van der Waals surface area contributed by atoms with E-state index in [1.807, 2.05) is 30.3 Å². The average Bonchev–Trinajstić information content (AvgIpc) is 3.48. The van der Waals surface area contributed by atoms with Gasteiger partial charge in [0.05, 0.1) is 23.7 Å². The van der Waals surface area contributed by atoms with Crippen molar-refractivity contribution in [3.8, 4) is 5.82 Å². The Morgan fingerprint density at radius 2 is 1.83 bits per heavy atom. The van der Waals surface area contributed by atoms with Gasteiger partial charge in [0, 0.05) is 43.8 Å². The van der Waals surface area contributed by atoms with Gasteiger partial charge in [-0.15, -0.1) is 0 Å². The first kappa shape index (κ1) is 20.8. The van der Waals surface area contributed by atoms with Gasteiger partial charge in [0.25, 0.3) is 0 Å². The zero-order valence-corrected chi connectivity index (χ0v) is 18.6. The van der Waals surface area contributed by atoms with Gasteiger partial charge < -0.3 is 24.5 Å². The number of carbonyl (C=O) groups is 1. The van der Waals surface area contributed by atoms with Gasteiger partial charge in [0.1, 0.15) is 6.54 Å². The van der Waals surface area contributed by atoms with Crippen LogP contribution in [0, 0.1) is 0 Å². The largest absolute Gasteiger partial charge is 0.480 e. The number of carboxylic acids is 1. The number of aliphatic carboxylic acids is 1. The highest BCUT2D eigenvalue weighted by atomic mass is 16.4. The third kappa shape index (κ3) is 3.74. The number of piperazine rings is 1. The normalized spacial score (nSPS) is 14.2. The van der Waals surface area contributed by atoms with E-state index in [-0.39, 0.29) is 12.1 Å². The van der Waals surface area contributed by atoms with Crippen LogP contribution in [0.5, 0.6) is 0 Å². The molecule has 4 aromatic heterocycles. The van der Waals surface area contributed by atoms with Crippen molar-refractivity contribution in [3.63, 3.8) is 0 Å². The molecule has 5 heterocycles. The van der Waals surface area contributed by atoms with Crippen molar-refractivity contribution in [2.24, 2.45) is 0 Å². The summed E-state index contributed by atoms with van der Waals surface area (Å²) in [5, 5.41) is 14.9. The first-order valence-corrected chi connectivity index (χ1v) is 11.1. The van der Waals surface area contributed by atoms with Crippen molar-refractivity contribution in [2.45, 2.75) is 6.54 Å². The molecule has 12 nitrogen and oxygen atoms in total. The number of imidazole rings is 1. The van der Waals surface area contributed by atoms with E-state index in [0.717, 1.165) is 16.6 Å². The van der Waals surface area contributed by atoms with Crippen LogP contribution in [-0.2, 0) is 11.3 Å². The number of fused-ring (bicyclic) bond motifs is 2. The molecule has 2 N–H and O–H groups in total. The maximum Gasteiger partial charge on any atom is 0.323 e. The monoisotopic (exact) mass is 471 g/mol. The van der Waals surface area contributed by atoms with E-state index in [4.69, 9.17) is 9.97 Å². The van der Waals surface area contributed by atoms with Crippen LogP contribution < -0.4 is 15.4 Å². The number of anilines is 2. The summed E-state index contributed by atoms with van der Waals surface area (Å²) in [4.78, 5) is 43.8. The van der Waals surface area contributed by atoms with Crippen molar-refractivity contribution in [1.29, 1.82) is 0 Å². The standard InChI is InChI=1S/C23H21N9O3/c33-18-6-5-16(12-24-18)29-7-9-30(10-8-29)23-27-21-20(25-14-31(21)13-19(34)35)22(28-23)32-17-4-2-1-3-15(17)11-26-32/h1-6,11-12,14H,7-10,13H2,(H,24,33)(H,34,35). The van der Waals surface area contributed by atoms with Crippen LogP contribution in [0.4, 0.5) is 11.6 Å². The Bertz CT molecular complexity index is 1590. The Kier molecular flexibility index (Phi) is 4.90. The first-order valence-electron chi connectivity index (χ1n) is 11.1. The van der Waals surface area contributed by atoms with Crippen molar-refractivity contribution in [1.82, 2.24) is 34.3 Å². The van der Waals surface area contributed by atoms with Crippen LogP contribution in [-0.4, -0.2) is 71.5 Å². The quantitative estimate of drug-likeness (QED) is 0.388. The maximum atomic E-state index is 11.4. The van der Waals surface area contributed by atoms with E-state index in [1.165, 1.54) is 17.0 Å². The Morgan fingerprint density at radius 3 is 2.60 bits per heavy atom. The highest BCUT2D eigenvalue weighted by molar-refractivity contribution is 5.86. The van der Waals surface area contributed by atoms with Gasteiger partial charge >= 0.3 is 5.97 Å². The summed E-state index contributed by atoms with van der Waals surface area (Å²) in [5.74, 6) is 0.00353. The fraction of sp³-hybridized carbons (Fsp3) is 0.217. The zero-order valence-electron chi connectivity index (χ0n) is 18.6. The number of aromatic nitrogens is 7. The van der Waals surface area contributed by atoms with Crippen LogP contribution in [0.25, 0.3) is 27.9 Å². The van der Waals surface area contributed by atoms with E-state index in [0.29, 0.717) is 49.1 Å². The summed E-state index contributed by atoms with van der Waals surface area (Å²) < 4.78 is 3.23. The van der Waals surface area contributed by atoms with Crippen molar-refractivity contribution in [3.05, 3.63) is 65.5 Å². The molecule has 1 fully saturated rings. The number of hydrogen-bond donors (Lipinski definition) is 2. The topological polar surface area (TPSA) is 138 Å². The zero-order chi connectivity index (χ0) is 23.9. The average molecular weight is 471 g/mol. The number of H-pyrrole nitrogens is 1. The molecule has 1 saturated heterocycles. The number of pyridine rings is 1. The number of aromatic amines is 1. The second kappa shape index (κ2) is 8.24. The third-order valence-corrected chi connectivity index (χ3v) is 6.11. The van der Waals surface area contributed by atoms with E-state index < -0.39 is 5.97 Å². The molecule has 0 spiro atoms. The molecule has 0 radical (unpaired) electrons. The third-order valence-electron chi connectivity index (χ3n) is 6.11. The molecule has 1 aliphatic rings. The highest BCUT2D eigenvalue weighted by Crippen LogP contribution is 2.26. The molecular weight excluding hydrogens is 450 g/mol. The molecule has 35 heavy (non-hydrogen) atoms. The molecule has 0 unspecified atom stereocenters. The molecule has 0 aliphatic carbocycles. The van der Waals surface area contributed by atoms with Gasteiger partial charge in [-0.25, -0.2) is 9.67 Å². The molecule has 176 valence electrons. The van der Waals surface area contributed by atoms with E-state index in [9.17, 15) is 14.7 Å². The number of nitrogens with one attached hydrogen (secondary N) is 1.